The quantitative estimate of drug-likeness (QED) is 0.840. The van der Waals surface area contributed by atoms with Crippen molar-refractivity contribution in [2.45, 2.75) is 6.54 Å². The van der Waals surface area contributed by atoms with Crippen LogP contribution >= 0.6 is 0 Å². The van der Waals surface area contributed by atoms with Crippen molar-refractivity contribution in [1.82, 2.24) is 5.32 Å². The van der Waals surface area contributed by atoms with Crippen molar-refractivity contribution >= 4 is 5.69 Å². The summed E-state index contributed by atoms with van der Waals surface area (Å²) in [4.78, 5) is 0. The fourth-order valence-corrected chi connectivity index (χ4v) is 1.71. The Kier molecular flexibility index (Phi) is 11.8. The van der Waals surface area contributed by atoms with Crippen LogP contribution in [-0.2, 0) is 39.3 Å². The van der Waals surface area contributed by atoms with Gasteiger partial charge in [0.25, 0.3) is 0 Å². The average Bonchev–Trinajstić information content (AvgIpc) is 2.56. The van der Waals surface area contributed by atoms with E-state index in [-0.39, 0.29) is 32.7 Å². The maximum atomic E-state index is 5.03. The first-order valence-corrected chi connectivity index (χ1v) is 6.82. The van der Waals surface area contributed by atoms with Crippen molar-refractivity contribution in [3.05, 3.63) is 54.1 Å². The Morgan fingerprint density at radius 2 is 1.23 bits per heavy atom. The summed E-state index contributed by atoms with van der Waals surface area (Å²) in [7, 11) is 7.16. The molecule has 0 atom stereocenters. The van der Waals surface area contributed by atoms with Crippen molar-refractivity contribution in [3.63, 3.8) is 0 Å². The second-order valence-electron chi connectivity index (χ2n) is 4.36. The first-order chi connectivity index (χ1) is 10.2. The Hall–Kier alpha value is -1.10. The number of rotatable bonds is 5. The Morgan fingerprint density at radius 3 is 1.59 bits per heavy atom. The summed E-state index contributed by atoms with van der Waals surface area (Å²) in [6.07, 6.45) is 0. The van der Waals surface area contributed by atoms with E-state index in [1.807, 2.05) is 50.5 Å². The van der Waals surface area contributed by atoms with Crippen LogP contribution in [0.15, 0.2) is 48.5 Å². The van der Waals surface area contributed by atoms with Crippen LogP contribution in [0.3, 0.4) is 0 Å². The Morgan fingerprint density at radius 1 is 0.773 bits per heavy atom. The predicted molar refractivity (Wildman–Crippen MR) is 88.3 cm³/mol. The molecule has 0 bridgehead atoms. The van der Waals surface area contributed by atoms with E-state index in [0.29, 0.717) is 0 Å². The molecule has 2 aromatic carbocycles. The standard InChI is InChI=1S/C9H13NO.C8H11NO.Y/c1-10-7-8-3-5-9(11-2)6-4-8;1-9-7-3-5-8(10-2)6-4-7;/h3-6,10H,7H2,1-2H3;3-6,9H,1-2H3;. The van der Waals surface area contributed by atoms with Gasteiger partial charge >= 0.3 is 0 Å². The molecule has 1 radical (unpaired) electrons. The van der Waals surface area contributed by atoms with Gasteiger partial charge in [0.15, 0.2) is 0 Å². The number of anilines is 1. The summed E-state index contributed by atoms with van der Waals surface area (Å²) in [5.74, 6) is 1.80. The summed E-state index contributed by atoms with van der Waals surface area (Å²) >= 11 is 0. The smallest absolute Gasteiger partial charge is 0.119 e. The minimum Gasteiger partial charge on any atom is -0.497 e. The molecule has 0 aliphatic rings. The molecule has 2 N–H and O–H groups in total. The SMILES string of the molecule is CNCc1ccc(OC)cc1.CNc1ccc(OC)cc1.[Y]. The zero-order valence-electron chi connectivity index (χ0n) is 13.7. The van der Waals surface area contributed by atoms with E-state index >= 15 is 0 Å². The summed E-state index contributed by atoms with van der Waals surface area (Å²) in [5.41, 5.74) is 2.37. The number of benzene rings is 2. The van der Waals surface area contributed by atoms with Crippen LogP contribution in [0.5, 0.6) is 11.5 Å². The molecule has 0 spiro atoms. The zero-order chi connectivity index (χ0) is 15.5. The zero-order valence-corrected chi connectivity index (χ0v) is 16.6. The van der Waals surface area contributed by atoms with E-state index in [1.165, 1.54) is 5.56 Å². The van der Waals surface area contributed by atoms with Gasteiger partial charge in [-0.1, -0.05) is 12.1 Å². The van der Waals surface area contributed by atoms with E-state index in [9.17, 15) is 0 Å². The Labute approximate surface area is 158 Å². The molecule has 0 aliphatic carbocycles. The molecule has 0 saturated carbocycles. The average molecular weight is 377 g/mol. The summed E-state index contributed by atoms with van der Waals surface area (Å²) < 4.78 is 10.0. The van der Waals surface area contributed by atoms with Crippen LogP contribution in [0.4, 0.5) is 5.69 Å². The molecule has 2 rings (SSSR count). The van der Waals surface area contributed by atoms with Gasteiger partial charge in [0, 0.05) is 52.0 Å². The molecule has 0 unspecified atom stereocenters. The Bertz CT molecular complexity index is 478. The molecular weight excluding hydrogens is 353 g/mol. The van der Waals surface area contributed by atoms with E-state index in [0.717, 1.165) is 23.7 Å². The van der Waals surface area contributed by atoms with Gasteiger partial charge in [0.1, 0.15) is 11.5 Å². The minimum absolute atomic E-state index is 0. The molecule has 0 aliphatic heterocycles. The third kappa shape index (κ3) is 7.78. The largest absolute Gasteiger partial charge is 0.497 e. The summed E-state index contributed by atoms with van der Waals surface area (Å²) in [6, 6.07) is 15.8. The van der Waals surface area contributed by atoms with Crippen LogP contribution in [0, 0.1) is 0 Å². The van der Waals surface area contributed by atoms with Crippen LogP contribution < -0.4 is 20.1 Å². The van der Waals surface area contributed by atoms with Gasteiger partial charge in [-0.3, -0.25) is 0 Å². The Balaban J connectivity index is 0.000000385. The first kappa shape index (κ1) is 20.9. The topological polar surface area (TPSA) is 42.5 Å². The molecule has 4 nitrogen and oxygen atoms in total. The second-order valence-corrected chi connectivity index (χ2v) is 4.36. The third-order valence-electron chi connectivity index (χ3n) is 2.92. The van der Waals surface area contributed by atoms with Crippen molar-refractivity contribution < 1.29 is 42.2 Å². The number of nitrogens with one attached hydrogen (secondary N) is 2. The van der Waals surface area contributed by atoms with E-state index in [4.69, 9.17) is 9.47 Å². The third-order valence-corrected chi connectivity index (χ3v) is 2.92. The molecule has 0 saturated heterocycles. The van der Waals surface area contributed by atoms with Gasteiger partial charge in [-0.2, -0.15) is 0 Å². The first-order valence-electron chi connectivity index (χ1n) is 6.82. The van der Waals surface area contributed by atoms with E-state index < -0.39 is 0 Å². The van der Waals surface area contributed by atoms with Crippen molar-refractivity contribution in [3.8, 4) is 11.5 Å². The van der Waals surface area contributed by atoms with Gasteiger partial charge < -0.3 is 20.1 Å². The molecule has 0 fully saturated rings. The summed E-state index contributed by atoms with van der Waals surface area (Å²) in [5, 5.41) is 6.10. The molecule has 0 heterocycles. The fourth-order valence-electron chi connectivity index (χ4n) is 1.71. The van der Waals surface area contributed by atoms with Gasteiger partial charge in [-0.05, 0) is 49.0 Å². The molecular formula is C17H24N2O2Y. The van der Waals surface area contributed by atoms with Crippen molar-refractivity contribution in [1.29, 1.82) is 0 Å². The van der Waals surface area contributed by atoms with Crippen LogP contribution in [-0.4, -0.2) is 28.3 Å². The van der Waals surface area contributed by atoms with E-state index in [2.05, 4.69) is 22.8 Å². The number of ether oxygens (including phenoxy) is 2. The normalized spacial score (nSPS) is 8.91. The van der Waals surface area contributed by atoms with Crippen LogP contribution in [0.25, 0.3) is 0 Å². The van der Waals surface area contributed by atoms with Crippen LogP contribution in [0.1, 0.15) is 5.56 Å². The predicted octanol–water partition coefficient (Wildman–Crippen LogP) is 3.15. The van der Waals surface area contributed by atoms with E-state index in [1.54, 1.807) is 14.2 Å². The number of methoxy groups -OCH3 is 2. The van der Waals surface area contributed by atoms with Gasteiger partial charge in [0.2, 0.25) is 0 Å². The molecule has 2 aromatic rings. The molecule has 22 heavy (non-hydrogen) atoms. The maximum absolute atomic E-state index is 5.03. The minimum atomic E-state index is 0. The van der Waals surface area contributed by atoms with Crippen LogP contribution in [0.2, 0.25) is 0 Å². The monoisotopic (exact) mass is 377 g/mol. The number of hydrogen-bond acceptors (Lipinski definition) is 4. The molecule has 5 heteroatoms. The van der Waals surface area contributed by atoms with Gasteiger partial charge in [0.05, 0.1) is 14.2 Å². The van der Waals surface area contributed by atoms with Gasteiger partial charge in [-0.25, -0.2) is 0 Å². The van der Waals surface area contributed by atoms with Gasteiger partial charge in [-0.15, -0.1) is 0 Å². The fraction of sp³-hybridized carbons (Fsp3) is 0.294. The molecule has 0 aromatic heterocycles. The summed E-state index contributed by atoms with van der Waals surface area (Å²) in [6.45, 7) is 0.907. The molecule has 117 valence electrons. The number of hydrogen-bond donors (Lipinski definition) is 2. The maximum Gasteiger partial charge on any atom is 0.119 e. The van der Waals surface area contributed by atoms with Crippen molar-refractivity contribution in [2.24, 2.45) is 0 Å². The van der Waals surface area contributed by atoms with Crippen molar-refractivity contribution in [2.75, 3.05) is 33.6 Å². The second kappa shape index (κ2) is 12.4. The molecule has 0 amide bonds.